The van der Waals surface area contributed by atoms with Gasteiger partial charge in [-0.25, -0.2) is 0 Å². The van der Waals surface area contributed by atoms with E-state index in [4.69, 9.17) is 4.74 Å². The van der Waals surface area contributed by atoms with Gasteiger partial charge in [-0.3, -0.25) is 0 Å². The van der Waals surface area contributed by atoms with Crippen LogP contribution in [-0.2, 0) is 4.74 Å². The third kappa shape index (κ3) is 17.7. The fraction of sp³-hybridized carbons (Fsp3) is 1.00. The fourth-order valence-electron chi connectivity index (χ4n) is 0.687. The highest BCUT2D eigenvalue weighted by Crippen LogP contribution is 2.13. The predicted octanol–water partition coefficient (Wildman–Crippen LogP) is 2.66. The van der Waals surface area contributed by atoms with E-state index < -0.39 is 6.43 Å². The summed E-state index contributed by atoms with van der Waals surface area (Å²) in [5, 5.41) is 0. The average molecular weight is 174 g/mol. The third-order valence-electron chi connectivity index (χ3n) is 1.08. The van der Waals surface area contributed by atoms with Gasteiger partial charge in [0.25, 0.3) is 0 Å². The minimum Gasteiger partial charge on any atom is -0.381 e. The van der Waals surface area contributed by atoms with Crippen molar-refractivity contribution in [3.8, 4) is 0 Å². The number of alkyl halides is 4. The number of halogens is 4. The molecule has 0 bridgehead atoms. The minimum atomic E-state index is -5.50. The summed E-state index contributed by atoms with van der Waals surface area (Å²) in [6.07, 6.45) is -1.57. The number of hydrogen-bond acceptors (Lipinski definition) is 1. The molecule has 1 fully saturated rings. The van der Waals surface area contributed by atoms with Crippen molar-refractivity contribution in [1.82, 2.24) is 0 Å². The third-order valence-corrected chi connectivity index (χ3v) is 1.08. The second kappa shape index (κ2) is 5.35. The number of rotatable bonds is 0. The van der Waals surface area contributed by atoms with Crippen LogP contribution < -0.4 is 0 Å². The lowest BCUT2D eigenvalue weighted by Gasteiger charge is -2.08. The Kier molecular flexibility index (Phi) is 5.19. The molecular weight excluding hydrogens is 164 g/mol. The van der Waals surface area contributed by atoms with Crippen molar-refractivity contribution < 1.29 is 22.3 Å². The van der Waals surface area contributed by atoms with Crippen LogP contribution >= 0.6 is 0 Å². The first kappa shape index (κ1) is 10.7. The first-order valence-corrected chi connectivity index (χ1v) is 3.33. The van der Waals surface area contributed by atoms with Crippen LogP contribution in [0.15, 0.2) is 0 Å². The maximum atomic E-state index is 9.69. The van der Waals surface area contributed by atoms with Crippen LogP contribution in [-0.4, -0.2) is 19.6 Å². The van der Waals surface area contributed by atoms with Gasteiger partial charge in [0.2, 0.25) is 0 Å². The summed E-state index contributed by atoms with van der Waals surface area (Å²) < 4.78 is 43.8. The monoisotopic (exact) mass is 174 g/mol. The van der Waals surface area contributed by atoms with Crippen molar-refractivity contribution in [2.24, 2.45) is 0 Å². The Labute approximate surface area is 62.3 Å². The summed E-state index contributed by atoms with van der Waals surface area (Å²) >= 11 is 0. The van der Waals surface area contributed by atoms with Crippen molar-refractivity contribution in [3.05, 3.63) is 0 Å². The van der Waals surface area contributed by atoms with Crippen molar-refractivity contribution in [2.75, 3.05) is 13.2 Å². The average Bonchev–Trinajstić information content (AvgIpc) is 1.88. The molecule has 0 unspecified atom stereocenters. The van der Waals surface area contributed by atoms with Crippen molar-refractivity contribution in [3.63, 3.8) is 0 Å². The topological polar surface area (TPSA) is 9.23 Å². The second-order valence-electron chi connectivity index (χ2n) is 2.10. The zero-order valence-corrected chi connectivity index (χ0v) is 5.96. The number of hydrogen-bond donors (Lipinski definition) is 0. The molecule has 1 rings (SSSR count). The van der Waals surface area contributed by atoms with Gasteiger partial charge >= 0.3 is 6.43 Å². The van der Waals surface area contributed by atoms with Crippen LogP contribution in [0.5, 0.6) is 0 Å². The summed E-state index contributed by atoms with van der Waals surface area (Å²) in [6.45, 7) is 2.00. The summed E-state index contributed by atoms with van der Waals surface area (Å²) in [5.41, 5.74) is 0. The maximum Gasteiger partial charge on any atom is 0.559 e. The summed E-state index contributed by atoms with van der Waals surface area (Å²) in [4.78, 5) is 0. The summed E-state index contributed by atoms with van der Waals surface area (Å²) in [7, 11) is 0. The van der Waals surface area contributed by atoms with Crippen LogP contribution in [0.1, 0.15) is 19.3 Å². The van der Waals surface area contributed by atoms with E-state index in [-0.39, 0.29) is 0 Å². The Morgan fingerprint density at radius 3 is 1.27 bits per heavy atom. The first-order chi connectivity index (χ1) is 5.00. The molecule has 0 spiro atoms. The minimum absolute atomic E-state index is 1.00. The Morgan fingerprint density at radius 2 is 1.18 bits per heavy atom. The highest BCUT2D eigenvalue weighted by Gasteiger charge is 2.24. The lowest BCUT2D eigenvalue weighted by molar-refractivity contribution is -0.237. The molecule has 5 heteroatoms. The van der Waals surface area contributed by atoms with E-state index >= 15 is 0 Å². The van der Waals surface area contributed by atoms with E-state index in [0.717, 1.165) is 13.2 Å². The van der Waals surface area contributed by atoms with E-state index in [1.165, 1.54) is 19.3 Å². The largest absolute Gasteiger partial charge is 0.559 e. The van der Waals surface area contributed by atoms with Crippen LogP contribution in [0, 0.1) is 0 Å². The molecule has 1 nitrogen and oxygen atoms in total. The molecule has 1 saturated heterocycles. The summed E-state index contributed by atoms with van der Waals surface area (Å²) in [5.74, 6) is 0. The zero-order chi connectivity index (χ0) is 8.74. The van der Waals surface area contributed by atoms with E-state index in [2.05, 4.69) is 0 Å². The molecule has 1 aliphatic heterocycles. The van der Waals surface area contributed by atoms with Crippen LogP contribution in [0.3, 0.4) is 0 Å². The molecular formula is C6H10F4O. The predicted molar refractivity (Wildman–Crippen MR) is 31.8 cm³/mol. The van der Waals surface area contributed by atoms with E-state index in [1.54, 1.807) is 0 Å². The van der Waals surface area contributed by atoms with Gasteiger partial charge in [-0.2, -0.15) is 0 Å². The Morgan fingerprint density at radius 1 is 0.818 bits per heavy atom. The van der Waals surface area contributed by atoms with Gasteiger partial charge < -0.3 is 4.74 Å². The molecule has 0 aromatic carbocycles. The molecule has 0 amide bonds. The van der Waals surface area contributed by atoms with E-state index in [0.29, 0.717) is 0 Å². The molecule has 0 aliphatic carbocycles. The molecule has 1 heterocycles. The molecule has 0 aromatic rings. The second-order valence-corrected chi connectivity index (χ2v) is 2.10. The molecule has 0 aromatic heterocycles. The van der Waals surface area contributed by atoms with Gasteiger partial charge in [0.1, 0.15) is 0 Å². The molecule has 0 N–H and O–H groups in total. The quantitative estimate of drug-likeness (QED) is 0.513. The highest BCUT2D eigenvalue weighted by molar-refractivity contribution is 4.45. The molecule has 1 aliphatic rings. The van der Waals surface area contributed by atoms with Gasteiger partial charge in [0.15, 0.2) is 0 Å². The first-order valence-electron chi connectivity index (χ1n) is 3.33. The van der Waals surface area contributed by atoms with Crippen molar-refractivity contribution >= 4 is 0 Å². The lowest BCUT2D eigenvalue weighted by Crippen LogP contribution is -2.03. The van der Waals surface area contributed by atoms with Crippen LogP contribution in [0.2, 0.25) is 0 Å². The van der Waals surface area contributed by atoms with Gasteiger partial charge in [0, 0.05) is 13.2 Å². The highest BCUT2D eigenvalue weighted by atomic mass is 19.5. The standard InChI is InChI=1S/C5H10O.CF4/c1-2-4-6-5-3-1;2-1(3,4)5/h1-5H2;. The van der Waals surface area contributed by atoms with E-state index in [9.17, 15) is 17.6 Å². The Balaban J connectivity index is 0.000000187. The lowest BCUT2D eigenvalue weighted by atomic mass is 10.2. The normalized spacial score (nSPS) is 18.5. The van der Waals surface area contributed by atoms with Crippen LogP contribution in [0.4, 0.5) is 17.6 Å². The molecule has 0 atom stereocenters. The van der Waals surface area contributed by atoms with Crippen LogP contribution in [0.25, 0.3) is 0 Å². The molecule has 11 heavy (non-hydrogen) atoms. The number of ether oxygens (including phenoxy) is 1. The van der Waals surface area contributed by atoms with Crippen molar-refractivity contribution in [2.45, 2.75) is 25.7 Å². The molecule has 0 radical (unpaired) electrons. The van der Waals surface area contributed by atoms with Gasteiger partial charge in [0.05, 0.1) is 0 Å². The van der Waals surface area contributed by atoms with Gasteiger partial charge in [-0.15, -0.1) is 17.6 Å². The van der Waals surface area contributed by atoms with Gasteiger partial charge in [-0.05, 0) is 19.3 Å². The van der Waals surface area contributed by atoms with E-state index in [1.807, 2.05) is 0 Å². The fourth-order valence-corrected chi connectivity index (χ4v) is 0.687. The van der Waals surface area contributed by atoms with Crippen molar-refractivity contribution in [1.29, 1.82) is 0 Å². The van der Waals surface area contributed by atoms with Gasteiger partial charge in [-0.1, -0.05) is 0 Å². The Bertz CT molecular complexity index is 69.6. The SMILES string of the molecule is C1CCOCC1.FC(F)(F)F. The maximum absolute atomic E-state index is 9.69. The Hall–Kier alpha value is -0.320. The zero-order valence-electron chi connectivity index (χ0n) is 5.96. The molecule has 0 saturated carbocycles. The molecule has 68 valence electrons. The smallest absolute Gasteiger partial charge is 0.381 e. The summed E-state index contributed by atoms with van der Waals surface area (Å²) in [6, 6.07) is 0.